The number of hydrogen-bond acceptors (Lipinski definition) is 6. The van der Waals surface area contributed by atoms with Crippen LogP contribution in [0.5, 0.6) is 0 Å². The number of esters is 1. The lowest BCUT2D eigenvalue weighted by molar-refractivity contribution is 0.0605. The van der Waals surface area contributed by atoms with E-state index in [-0.39, 0.29) is 5.97 Å². The molecule has 0 aliphatic carbocycles. The van der Waals surface area contributed by atoms with Crippen LogP contribution >= 0.6 is 11.3 Å². The minimum absolute atomic E-state index is 0.303. The number of likely N-dealkylation sites (tertiary alicyclic amines) is 1. The van der Waals surface area contributed by atoms with E-state index in [0.717, 1.165) is 30.5 Å². The minimum Gasteiger partial charge on any atom is -0.465 e. The molecule has 2 rings (SSSR count). The van der Waals surface area contributed by atoms with Gasteiger partial charge in [0.2, 0.25) is 0 Å². The zero-order valence-corrected chi connectivity index (χ0v) is 13.5. The Hall–Kier alpha value is -1.14. The summed E-state index contributed by atoms with van der Waals surface area (Å²) < 4.78 is 4.75. The predicted molar refractivity (Wildman–Crippen MR) is 81.5 cm³/mol. The van der Waals surface area contributed by atoms with E-state index in [9.17, 15) is 4.79 Å². The molecule has 0 saturated carbocycles. The molecule has 1 N–H and O–H groups in total. The van der Waals surface area contributed by atoms with Crippen molar-refractivity contribution in [2.75, 3.05) is 39.1 Å². The van der Waals surface area contributed by atoms with E-state index in [2.05, 4.69) is 29.2 Å². The van der Waals surface area contributed by atoms with Gasteiger partial charge in [0.25, 0.3) is 0 Å². The van der Waals surface area contributed by atoms with E-state index >= 15 is 0 Å². The second-order valence-corrected chi connectivity index (χ2v) is 6.89. The Balaban J connectivity index is 1.96. The van der Waals surface area contributed by atoms with Crippen molar-refractivity contribution in [1.82, 2.24) is 9.88 Å². The van der Waals surface area contributed by atoms with E-state index in [0.29, 0.717) is 10.3 Å². The average molecular weight is 297 g/mol. The van der Waals surface area contributed by atoms with E-state index in [1.807, 2.05) is 6.92 Å². The average Bonchev–Trinajstić information content (AvgIpc) is 2.81. The zero-order valence-electron chi connectivity index (χ0n) is 12.7. The van der Waals surface area contributed by atoms with Gasteiger partial charge in [-0.3, -0.25) is 0 Å². The fraction of sp³-hybridized carbons (Fsp3) is 0.714. The van der Waals surface area contributed by atoms with Crippen molar-refractivity contribution in [3.63, 3.8) is 0 Å². The summed E-state index contributed by atoms with van der Waals surface area (Å²) in [6, 6.07) is 0. The van der Waals surface area contributed by atoms with Crippen molar-refractivity contribution in [3.05, 3.63) is 10.6 Å². The number of carbonyl (C=O) groups excluding carboxylic acids is 1. The van der Waals surface area contributed by atoms with Gasteiger partial charge in [-0.1, -0.05) is 18.3 Å². The Morgan fingerprint density at radius 3 is 2.75 bits per heavy atom. The molecule has 0 radical (unpaired) electrons. The lowest BCUT2D eigenvalue weighted by Gasteiger charge is -2.37. The molecule has 1 aromatic rings. The minimum atomic E-state index is -0.307. The summed E-state index contributed by atoms with van der Waals surface area (Å²) in [4.78, 5) is 18.9. The van der Waals surface area contributed by atoms with Gasteiger partial charge in [0.1, 0.15) is 4.88 Å². The number of aryl methyl sites for hydroxylation is 1. The normalized spacial score (nSPS) is 18.8. The first-order valence-electron chi connectivity index (χ1n) is 6.92. The van der Waals surface area contributed by atoms with E-state index in [4.69, 9.17) is 4.74 Å². The number of piperidine rings is 1. The number of hydrogen-bond donors (Lipinski definition) is 1. The molecule has 6 heteroatoms. The summed E-state index contributed by atoms with van der Waals surface area (Å²) >= 11 is 1.37. The third-order valence-electron chi connectivity index (χ3n) is 4.03. The Bertz CT molecular complexity index is 479. The Morgan fingerprint density at radius 1 is 1.50 bits per heavy atom. The van der Waals surface area contributed by atoms with Crippen molar-refractivity contribution in [2.45, 2.75) is 26.7 Å². The number of nitrogens with one attached hydrogen (secondary N) is 1. The van der Waals surface area contributed by atoms with Crippen molar-refractivity contribution in [3.8, 4) is 0 Å². The second-order valence-electron chi connectivity index (χ2n) is 5.89. The first-order valence-corrected chi connectivity index (χ1v) is 7.73. The van der Waals surface area contributed by atoms with Gasteiger partial charge in [0.05, 0.1) is 12.8 Å². The lowest BCUT2D eigenvalue weighted by atomic mass is 9.80. The molecule has 0 atom stereocenters. The van der Waals surface area contributed by atoms with Crippen LogP contribution in [0.15, 0.2) is 0 Å². The molecule has 20 heavy (non-hydrogen) atoms. The molecule has 0 aromatic carbocycles. The number of anilines is 1. The molecule has 0 spiro atoms. The van der Waals surface area contributed by atoms with Crippen LogP contribution in [-0.2, 0) is 4.74 Å². The number of ether oxygens (including phenoxy) is 1. The molecule has 2 heterocycles. The molecule has 5 nitrogen and oxygen atoms in total. The van der Waals surface area contributed by atoms with Crippen LogP contribution in [0.25, 0.3) is 0 Å². The monoisotopic (exact) mass is 297 g/mol. The molecular formula is C14H23N3O2S. The standard InChI is InChI=1S/C14H23N3O2S/c1-10-11(12(18)19-4)20-13(16-10)15-9-14(2)5-7-17(3)8-6-14/h5-9H2,1-4H3,(H,15,16). The number of thiazole rings is 1. The van der Waals surface area contributed by atoms with Gasteiger partial charge in [-0.25, -0.2) is 9.78 Å². The molecule has 1 fully saturated rings. The molecular weight excluding hydrogens is 274 g/mol. The Morgan fingerprint density at radius 2 is 2.15 bits per heavy atom. The van der Waals surface area contributed by atoms with Gasteiger partial charge in [0, 0.05) is 6.54 Å². The van der Waals surface area contributed by atoms with Gasteiger partial charge >= 0.3 is 5.97 Å². The summed E-state index contributed by atoms with van der Waals surface area (Å²) in [5.41, 5.74) is 1.04. The largest absolute Gasteiger partial charge is 0.465 e. The highest BCUT2D eigenvalue weighted by Gasteiger charge is 2.29. The van der Waals surface area contributed by atoms with E-state index in [1.54, 1.807) is 0 Å². The fourth-order valence-electron chi connectivity index (χ4n) is 2.38. The molecule has 0 bridgehead atoms. The van der Waals surface area contributed by atoms with Crippen LogP contribution in [0.2, 0.25) is 0 Å². The van der Waals surface area contributed by atoms with Gasteiger partial charge < -0.3 is 15.0 Å². The summed E-state index contributed by atoms with van der Waals surface area (Å²) in [6.45, 7) is 7.33. The molecule has 0 unspecified atom stereocenters. The molecule has 0 amide bonds. The SMILES string of the molecule is COC(=O)c1sc(NCC2(C)CCN(C)CC2)nc1C. The first-order chi connectivity index (χ1) is 9.43. The van der Waals surface area contributed by atoms with Gasteiger partial charge in [-0.15, -0.1) is 0 Å². The highest BCUT2D eigenvalue weighted by atomic mass is 32.1. The number of aromatic nitrogens is 1. The third-order valence-corrected chi connectivity index (χ3v) is 5.12. The molecule has 1 aromatic heterocycles. The number of carbonyl (C=O) groups is 1. The topological polar surface area (TPSA) is 54.5 Å². The molecule has 1 aliphatic rings. The summed E-state index contributed by atoms with van der Waals surface area (Å²) in [6.07, 6.45) is 2.37. The van der Waals surface area contributed by atoms with E-state index < -0.39 is 0 Å². The van der Waals surface area contributed by atoms with Gasteiger partial charge in [-0.05, 0) is 45.3 Å². The van der Waals surface area contributed by atoms with Crippen LogP contribution in [-0.4, -0.2) is 49.6 Å². The predicted octanol–water partition coefficient (Wildman–Crippen LogP) is 2.38. The van der Waals surface area contributed by atoms with Crippen LogP contribution in [0, 0.1) is 12.3 Å². The Labute approximate surface area is 124 Å². The molecule has 112 valence electrons. The van der Waals surface area contributed by atoms with Crippen molar-refractivity contribution in [2.24, 2.45) is 5.41 Å². The van der Waals surface area contributed by atoms with Crippen LogP contribution < -0.4 is 5.32 Å². The van der Waals surface area contributed by atoms with Crippen molar-refractivity contribution >= 4 is 22.4 Å². The third kappa shape index (κ3) is 3.49. The van der Waals surface area contributed by atoms with Crippen LogP contribution in [0.1, 0.15) is 35.1 Å². The van der Waals surface area contributed by atoms with E-state index in [1.165, 1.54) is 31.3 Å². The quantitative estimate of drug-likeness (QED) is 0.865. The summed E-state index contributed by atoms with van der Waals surface area (Å²) in [5, 5.41) is 4.20. The highest BCUT2D eigenvalue weighted by Crippen LogP contribution is 2.31. The van der Waals surface area contributed by atoms with Crippen molar-refractivity contribution < 1.29 is 9.53 Å². The molecule has 1 aliphatic heterocycles. The number of nitrogens with zero attached hydrogens (tertiary/aromatic N) is 2. The molecule has 1 saturated heterocycles. The van der Waals surface area contributed by atoms with Crippen LogP contribution in [0.4, 0.5) is 5.13 Å². The Kier molecular flexibility index (Phi) is 4.65. The maximum absolute atomic E-state index is 11.6. The van der Waals surface area contributed by atoms with Crippen LogP contribution in [0.3, 0.4) is 0 Å². The van der Waals surface area contributed by atoms with Crippen molar-refractivity contribution in [1.29, 1.82) is 0 Å². The maximum Gasteiger partial charge on any atom is 0.350 e. The fourth-order valence-corrected chi connectivity index (χ4v) is 3.26. The summed E-state index contributed by atoms with van der Waals surface area (Å²) in [7, 11) is 3.56. The first kappa shape index (κ1) is 15.3. The van der Waals surface area contributed by atoms with Gasteiger partial charge in [-0.2, -0.15) is 0 Å². The highest BCUT2D eigenvalue weighted by molar-refractivity contribution is 7.17. The summed E-state index contributed by atoms with van der Waals surface area (Å²) in [5.74, 6) is -0.307. The lowest BCUT2D eigenvalue weighted by Crippen LogP contribution is -2.40. The maximum atomic E-state index is 11.6. The number of methoxy groups -OCH3 is 1. The number of rotatable bonds is 4. The van der Waals surface area contributed by atoms with Gasteiger partial charge in [0.15, 0.2) is 5.13 Å². The zero-order chi connectivity index (χ0) is 14.8. The smallest absolute Gasteiger partial charge is 0.350 e. The second kappa shape index (κ2) is 6.10.